The van der Waals surface area contributed by atoms with E-state index in [9.17, 15) is 14.0 Å². The molecule has 1 saturated heterocycles. The van der Waals surface area contributed by atoms with E-state index in [-0.39, 0.29) is 36.6 Å². The van der Waals surface area contributed by atoms with E-state index in [0.29, 0.717) is 29.5 Å². The molecule has 33 heavy (non-hydrogen) atoms. The fourth-order valence-electron chi connectivity index (χ4n) is 4.01. The number of anilines is 1. The average molecular weight is 460 g/mol. The lowest BCUT2D eigenvalue weighted by Gasteiger charge is -2.26. The summed E-state index contributed by atoms with van der Waals surface area (Å²) in [4.78, 5) is 29.1. The molecule has 2 unspecified atom stereocenters. The van der Waals surface area contributed by atoms with E-state index < -0.39 is 5.92 Å². The molecule has 1 fully saturated rings. The monoisotopic (exact) mass is 459 g/mol. The molecule has 0 aromatic heterocycles. The SMILES string of the molecule is COc1cc(N2CC(C(=O)NCC(c3cccc(F)c3)N(C)C)CC2=O)cc(OC)c1OC. The third-order valence-corrected chi connectivity index (χ3v) is 5.78. The third-order valence-electron chi connectivity index (χ3n) is 5.78. The first-order chi connectivity index (χ1) is 15.8. The standard InChI is InChI=1S/C24H30FN3O5/c1-27(2)19(15-7-6-8-17(25)9-15)13-26-24(30)16-10-22(29)28(14-16)18-11-20(31-3)23(33-5)21(12-18)32-4/h6-9,11-12,16,19H,10,13-14H2,1-5H3,(H,26,30). The van der Waals surface area contributed by atoms with Crippen LogP contribution in [0.2, 0.25) is 0 Å². The van der Waals surface area contributed by atoms with Crippen molar-refractivity contribution < 1.29 is 28.2 Å². The molecule has 3 rings (SSSR count). The molecule has 2 atom stereocenters. The average Bonchev–Trinajstić information content (AvgIpc) is 3.19. The van der Waals surface area contributed by atoms with Crippen LogP contribution in [0.15, 0.2) is 36.4 Å². The Morgan fingerprint density at radius 2 is 1.82 bits per heavy atom. The number of nitrogens with zero attached hydrogens (tertiary/aromatic N) is 2. The molecular formula is C24H30FN3O5. The second-order valence-electron chi connectivity index (χ2n) is 8.07. The fraction of sp³-hybridized carbons (Fsp3) is 0.417. The third kappa shape index (κ3) is 5.36. The van der Waals surface area contributed by atoms with Gasteiger partial charge in [0.15, 0.2) is 11.5 Å². The lowest BCUT2D eigenvalue weighted by Crippen LogP contribution is -2.38. The van der Waals surface area contributed by atoms with Gasteiger partial charge in [0.25, 0.3) is 0 Å². The molecule has 9 heteroatoms. The van der Waals surface area contributed by atoms with Crippen LogP contribution in [0.25, 0.3) is 0 Å². The van der Waals surface area contributed by atoms with Gasteiger partial charge in [-0.1, -0.05) is 12.1 Å². The van der Waals surface area contributed by atoms with Gasteiger partial charge in [0.2, 0.25) is 17.6 Å². The molecule has 1 N–H and O–H groups in total. The van der Waals surface area contributed by atoms with Crippen LogP contribution in [0.5, 0.6) is 17.2 Å². The number of amides is 2. The Hall–Kier alpha value is -3.33. The molecule has 2 amide bonds. The minimum absolute atomic E-state index is 0.0924. The molecule has 8 nitrogen and oxygen atoms in total. The number of ether oxygens (including phenoxy) is 3. The zero-order valence-electron chi connectivity index (χ0n) is 19.6. The van der Waals surface area contributed by atoms with E-state index in [1.54, 1.807) is 23.1 Å². The van der Waals surface area contributed by atoms with Crippen molar-refractivity contribution in [1.29, 1.82) is 0 Å². The van der Waals surface area contributed by atoms with Crippen LogP contribution >= 0.6 is 0 Å². The number of carbonyl (C=O) groups is 2. The predicted molar refractivity (Wildman–Crippen MR) is 122 cm³/mol. The molecule has 0 aliphatic carbocycles. The number of hydrogen-bond donors (Lipinski definition) is 1. The van der Waals surface area contributed by atoms with Crippen LogP contribution in [0.3, 0.4) is 0 Å². The van der Waals surface area contributed by atoms with Gasteiger partial charge in [-0.05, 0) is 31.8 Å². The van der Waals surface area contributed by atoms with E-state index in [1.807, 2.05) is 25.1 Å². The molecule has 1 heterocycles. The normalized spacial score (nSPS) is 16.6. The maximum atomic E-state index is 13.7. The number of hydrogen-bond acceptors (Lipinski definition) is 6. The van der Waals surface area contributed by atoms with Gasteiger partial charge < -0.3 is 29.3 Å². The first kappa shape index (κ1) is 24.3. The number of rotatable bonds is 9. The molecule has 0 bridgehead atoms. The first-order valence-corrected chi connectivity index (χ1v) is 10.6. The quantitative estimate of drug-likeness (QED) is 0.621. The van der Waals surface area contributed by atoms with E-state index in [1.165, 1.54) is 33.5 Å². The smallest absolute Gasteiger partial charge is 0.227 e. The van der Waals surface area contributed by atoms with E-state index in [2.05, 4.69) is 5.32 Å². The molecule has 1 aliphatic rings. The number of benzene rings is 2. The molecule has 0 radical (unpaired) electrons. The molecule has 1 aliphatic heterocycles. The van der Waals surface area contributed by atoms with Crippen molar-refractivity contribution in [2.24, 2.45) is 5.92 Å². The first-order valence-electron chi connectivity index (χ1n) is 10.6. The highest BCUT2D eigenvalue weighted by Crippen LogP contribution is 2.42. The number of nitrogens with one attached hydrogen (secondary N) is 1. The largest absolute Gasteiger partial charge is 0.493 e. The molecule has 0 saturated carbocycles. The molecule has 0 spiro atoms. The molecular weight excluding hydrogens is 429 g/mol. The molecule has 178 valence electrons. The van der Waals surface area contributed by atoms with Crippen molar-refractivity contribution in [3.8, 4) is 17.2 Å². The van der Waals surface area contributed by atoms with E-state index >= 15 is 0 Å². The van der Waals surface area contributed by atoms with E-state index in [4.69, 9.17) is 14.2 Å². The van der Waals surface area contributed by atoms with Gasteiger partial charge in [-0.3, -0.25) is 9.59 Å². The van der Waals surface area contributed by atoms with Crippen LogP contribution in [-0.4, -0.2) is 65.2 Å². The number of methoxy groups -OCH3 is 3. The Morgan fingerprint density at radius 1 is 1.15 bits per heavy atom. The van der Waals surface area contributed by atoms with Gasteiger partial charge in [0.1, 0.15) is 5.82 Å². The molecule has 2 aromatic rings. The summed E-state index contributed by atoms with van der Waals surface area (Å²) in [7, 11) is 8.25. The van der Waals surface area contributed by atoms with Crippen LogP contribution in [0, 0.1) is 11.7 Å². The number of likely N-dealkylation sites (N-methyl/N-ethyl adjacent to an activating group) is 1. The second-order valence-corrected chi connectivity index (χ2v) is 8.07. The number of halogens is 1. The van der Waals surface area contributed by atoms with Crippen molar-refractivity contribution in [1.82, 2.24) is 10.2 Å². The Balaban J connectivity index is 1.71. The van der Waals surface area contributed by atoms with Crippen molar-refractivity contribution in [3.05, 3.63) is 47.8 Å². The second kappa shape index (κ2) is 10.5. The summed E-state index contributed by atoms with van der Waals surface area (Å²) < 4.78 is 29.7. The van der Waals surface area contributed by atoms with Crippen LogP contribution in [0.4, 0.5) is 10.1 Å². The minimum Gasteiger partial charge on any atom is -0.493 e. The zero-order chi connectivity index (χ0) is 24.1. The Morgan fingerprint density at radius 3 is 2.36 bits per heavy atom. The Kier molecular flexibility index (Phi) is 7.75. The lowest BCUT2D eigenvalue weighted by atomic mass is 10.0. The minimum atomic E-state index is -0.507. The lowest BCUT2D eigenvalue weighted by molar-refractivity contribution is -0.126. The van der Waals surface area contributed by atoms with Crippen LogP contribution in [-0.2, 0) is 9.59 Å². The summed E-state index contributed by atoms with van der Waals surface area (Å²) >= 11 is 0. The Bertz CT molecular complexity index is 988. The highest BCUT2D eigenvalue weighted by atomic mass is 19.1. The Labute approximate surface area is 193 Å². The highest BCUT2D eigenvalue weighted by molar-refractivity contribution is 6.00. The fourth-order valence-corrected chi connectivity index (χ4v) is 4.01. The van der Waals surface area contributed by atoms with Gasteiger partial charge in [-0.2, -0.15) is 0 Å². The van der Waals surface area contributed by atoms with Gasteiger partial charge in [-0.15, -0.1) is 0 Å². The number of carbonyl (C=O) groups excluding carboxylic acids is 2. The van der Waals surface area contributed by atoms with Crippen molar-refractivity contribution in [3.63, 3.8) is 0 Å². The van der Waals surface area contributed by atoms with E-state index in [0.717, 1.165) is 5.56 Å². The summed E-state index contributed by atoms with van der Waals surface area (Å²) in [5.74, 6) is 0.0601. The van der Waals surface area contributed by atoms with Crippen molar-refractivity contribution in [2.45, 2.75) is 12.5 Å². The van der Waals surface area contributed by atoms with Gasteiger partial charge in [-0.25, -0.2) is 4.39 Å². The zero-order valence-corrected chi connectivity index (χ0v) is 19.6. The summed E-state index contributed by atoms with van der Waals surface area (Å²) in [6.07, 6.45) is 0.0924. The highest BCUT2D eigenvalue weighted by Gasteiger charge is 2.36. The summed E-state index contributed by atoms with van der Waals surface area (Å²) in [6, 6.07) is 9.49. The van der Waals surface area contributed by atoms with Gasteiger partial charge in [0, 0.05) is 31.6 Å². The summed E-state index contributed by atoms with van der Waals surface area (Å²) in [5.41, 5.74) is 1.33. The maximum Gasteiger partial charge on any atom is 0.227 e. The van der Waals surface area contributed by atoms with Crippen LogP contribution in [0.1, 0.15) is 18.0 Å². The summed E-state index contributed by atoms with van der Waals surface area (Å²) in [6.45, 7) is 0.528. The van der Waals surface area contributed by atoms with Crippen LogP contribution < -0.4 is 24.4 Å². The van der Waals surface area contributed by atoms with Gasteiger partial charge in [0.05, 0.1) is 39.0 Å². The maximum absolute atomic E-state index is 13.7. The molecule has 2 aromatic carbocycles. The topological polar surface area (TPSA) is 80.3 Å². The van der Waals surface area contributed by atoms with Crippen molar-refractivity contribution in [2.75, 3.05) is 53.4 Å². The van der Waals surface area contributed by atoms with Crippen molar-refractivity contribution >= 4 is 17.5 Å². The summed E-state index contributed by atoms with van der Waals surface area (Å²) in [5, 5.41) is 2.93. The van der Waals surface area contributed by atoms with Gasteiger partial charge >= 0.3 is 0 Å². The predicted octanol–water partition coefficient (Wildman–Crippen LogP) is 2.62.